The summed E-state index contributed by atoms with van der Waals surface area (Å²) in [4.78, 5) is 4.22. The fourth-order valence-corrected chi connectivity index (χ4v) is 3.12. The lowest BCUT2D eigenvalue weighted by atomic mass is 10.2. The lowest BCUT2D eigenvalue weighted by Gasteiger charge is -2.08. The molecule has 0 saturated carbocycles. The van der Waals surface area contributed by atoms with Crippen molar-refractivity contribution >= 4 is 25.8 Å². The second kappa shape index (κ2) is 7.02. The first kappa shape index (κ1) is 15.9. The Balaban J connectivity index is 1.97. The number of ether oxygens (including phenoxy) is 1. The highest BCUT2D eigenvalue weighted by atomic mass is 79.9. The summed E-state index contributed by atoms with van der Waals surface area (Å²) in [5.41, 5.74) is 6.38. The van der Waals surface area contributed by atoms with Gasteiger partial charge in [-0.05, 0) is 39.7 Å². The second-order valence-electron chi connectivity index (χ2n) is 4.35. The maximum atomic E-state index is 12.2. The fourth-order valence-electron chi connectivity index (χ4n) is 1.69. The van der Waals surface area contributed by atoms with Gasteiger partial charge in [-0.25, -0.2) is 8.42 Å². The Morgan fingerprint density at radius 1 is 1.19 bits per heavy atom. The van der Waals surface area contributed by atoms with Gasteiger partial charge >= 0.3 is 0 Å². The SMILES string of the molecule is NCc1ccc(S(=O)(=O)CCOc2cncc(Br)c2)cc1. The van der Waals surface area contributed by atoms with E-state index in [-0.39, 0.29) is 17.3 Å². The van der Waals surface area contributed by atoms with E-state index < -0.39 is 9.84 Å². The highest BCUT2D eigenvalue weighted by molar-refractivity contribution is 9.10. The highest BCUT2D eigenvalue weighted by Crippen LogP contribution is 2.17. The summed E-state index contributed by atoms with van der Waals surface area (Å²) in [5.74, 6) is 0.430. The number of aromatic nitrogens is 1. The van der Waals surface area contributed by atoms with E-state index in [4.69, 9.17) is 10.5 Å². The Labute approximate surface area is 132 Å². The van der Waals surface area contributed by atoms with Crippen LogP contribution in [0.25, 0.3) is 0 Å². The van der Waals surface area contributed by atoms with E-state index in [1.807, 2.05) is 0 Å². The largest absolute Gasteiger partial charge is 0.491 e. The van der Waals surface area contributed by atoms with Crippen molar-refractivity contribution in [1.29, 1.82) is 0 Å². The molecule has 0 atom stereocenters. The number of rotatable bonds is 6. The van der Waals surface area contributed by atoms with Crippen LogP contribution in [0.1, 0.15) is 5.56 Å². The normalized spacial score (nSPS) is 11.3. The number of sulfone groups is 1. The Morgan fingerprint density at radius 2 is 1.90 bits per heavy atom. The summed E-state index contributed by atoms with van der Waals surface area (Å²) in [6.45, 7) is 0.457. The highest BCUT2D eigenvalue weighted by Gasteiger charge is 2.14. The lowest BCUT2D eigenvalue weighted by Crippen LogP contribution is -2.14. The van der Waals surface area contributed by atoms with E-state index in [0.29, 0.717) is 12.3 Å². The molecule has 0 amide bonds. The van der Waals surface area contributed by atoms with Crippen molar-refractivity contribution in [1.82, 2.24) is 4.98 Å². The topological polar surface area (TPSA) is 82.3 Å². The maximum absolute atomic E-state index is 12.2. The Hall–Kier alpha value is -1.44. The van der Waals surface area contributed by atoms with Crippen molar-refractivity contribution < 1.29 is 13.2 Å². The van der Waals surface area contributed by atoms with E-state index in [1.165, 1.54) is 6.20 Å². The summed E-state index contributed by atoms with van der Waals surface area (Å²) in [7, 11) is -3.36. The van der Waals surface area contributed by atoms with Gasteiger partial charge < -0.3 is 10.5 Å². The first-order valence-electron chi connectivity index (χ1n) is 6.26. The molecule has 1 aromatic carbocycles. The first-order valence-corrected chi connectivity index (χ1v) is 8.71. The molecule has 2 rings (SSSR count). The molecular formula is C14H15BrN2O3S. The molecule has 5 nitrogen and oxygen atoms in total. The van der Waals surface area contributed by atoms with Crippen LogP contribution in [0.4, 0.5) is 0 Å². The van der Waals surface area contributed by atoms with Crippen molar-refractivity contribution in [3.8, 4) is 5.75 Å². The van der Waals surface area contributed by atoms with Crippen molar-refractivity contribution in [2.75, 3.05) is 12.4 Å². The lowest BCUT2D eigenvalue weighted by molar-refractivity contribution is 0.339. The molecule has 1 aromatic heterocycles. The van der Waals surface area contributed by atoms with E-state index in [2.05, 4.69) is 20.9 Å². The van der Waals surface area contributed by atoms with Crippen molar-refractivity contribution in [3.05, 3.63) is 52.8 Å². The molecule has 2 N–H and O–H groups in total. The monoisotopic (exact) mass is 370 g/mol. The average Bonchev–Trinajstić information content (AvgIpc) is 2.47. The average molecular weight is 371 g/mol. The second-order valence-corrected chi connectivity index (χ2v) is 7.38. The molecule has 7 heteroatoms. The van der Waals surface area contributed by atoms with Gasteiger partial charge in [-0.1, -0.05) is 12.1 Å². The minimum atomic E-state index is -3.36. The minimum absolute atomic E-state index is 0.0686. The molecule has 2 aromatic rings. The summed E-state index contributed by atoms with van der Waals surface area (Å²) in [6.07, 6.45) is 3.16. The number of benzene rings is 1. The van der Waals surface area contributed by atoms with E-state index in [9.17, 15) is 8.42 Å². The summed E-state index contributed by atoms with van der Waals surface area (Å²) in [5, 5.41) is 0. The number of hydrogen-bond acceptors (Lipinski definition) is 5. The van der Waals surface area contributed by atoms with Crippen LogP contribution in [0.3, 0.4) is 0 Å². The van der Waals surface area contributed by atoms with Gasteiger partial charge in [-0.3, -0.25) is 4.98 Å². The maximum Gasteiger partial charge on any atom is 0.181 e. The van der Waals surface area contributed by atoms with Crippen molar-refractivity contribution in [2.24, 2.45) is 5.73 Å². The van der Waals surface area contributed by atoms with Gasteiger partial charge in [-0.2, -0.15) is 0 Å². The van der Waals surface area contributed by atoms with Crippen LogP contribution >= 0.6 is 15.9 Å². The molecule has 0 radical (unpaired) electrons. The van der Waals surface area contributed by atoms with Gasteiger partial charge in [0.1, 0.15) is 12.4 Å². The van der Waals surface area contributed by atoms with Gasteiger partial charge in [0.25, 0.3) is 0 Å². The Kier molecular flexibility index (Phi) is 5.33. The van der Waals surface area contributed by atoms with Crippen LogP contribution in [0.2, 0.25) is 0 Å². The van der Waals surface area contributed by atoms with Crippen LogP contribution in [0, 0.1) is 0 Å². The Bertz CT molecular complexity index is 702. The van der Waals surface area contributed by atoms with Crippen LogP contribution in [0.5, 0.6) is 5.75 Å². The number of nitrogens with zero attached hydrogens (tertiary/aromatic N) is 1. The number of hydrogen-bond donors (Lipinski definition) is 1. The van der Waals surface area contributed by atoms with E-state index in [1.54, 1.807) is 36.5 Å². The van der Waals surface area contributed by atoms with Crippen molar-refractivity contribution in [2.45, 2.75) is 11.4 Å². The Morgan fingerprint density at radius 3 is 2.52 bits per heavy atom. The standard InChI is InChI=1S/C14H15BrN2O3S/c15-12-7-13(10-17-9-12)20-5-6-21(18,19)14-3-1-11(8-16)2-4-14/h1-4,7,9-10H,5-6,8,16H2. The molecule has 0 aliphatic carbocycles. The van der Waals surface area contributed by atoms with Crippen LogP contribution in [0.15, 0.2) is 52.1 Å². The third-order valence-corrected chi connectivity index (χ3v) is 4.95. The van der Waals surface area contributed by atoms with Gasteiger partial charge in [0.2, 0.25) is 0 Å². The predicted molar refractivity (Wildman–Crippen MR) is 83.8 cm³/mol. The number of halogens is 1. The zero-order valence-electron chi connectivity index (χ0n) is 11.2. The predicted octanol–water partition coefficient (Wildman–Crippen LogP) is 2.16. The van der Waals surface area contributed by atoms with Crippen LogP contribution < -0.4 is 10.5 Å². The number of nitrogens with two attached hydrogens (primary N) is 1. The molecule has 112 valence electrons. The van der Waals surface area contributed by atoms with Crippen LogP contribution in [-0.2, 0) is 16.4 Å². The zero-order valence-corrected chi connectivity index (χ0v) is 13.6. The summed E-state index contributed by atoms with van der Waals surface area (Å²) >= 11 is 3.27. The third-order valence-electron chi connectivity index (χ3n) is 2.82. The summed E-state index contributed by atoms with van der Waals surface area (Å²) in [6, 6.07) is 8.30. The molecule has 1 heterocycles. The van der Waals surface area contributed by atoms with Crippen molar-refractivity contribution in [3.63, 3.8) is 0 Å². The van der Waals surface area contributed by atoms with Gasteiger partial charge in [0.15, 0.2) is 9.84 Å². The van der Waals surface area contributed by atoms with E-state index in [0.717, 1.165) is 10.0 Å². The molecule has 0 aliphatic heterocycles. The quantitative estimate of drug-likeness (QED) is 0.842. The number of pyridine rings is 1. The molecule has 0 spiro atoms. The van der Waals surface area contributed by atoms with Gasteiger partial charge in [-0.15, -0.1) is 0 Å². The molecule has 0 bridgehead atoms. The molecule has 21 heavy (non-hydrogen) atoms. The molecular weight excluding hydrogens is 356 g/mol. The van der Waals surface area contributed by atoms with Gasteiger partial charge in [0, 0.05) is 17.2 Å². The minimum Gasteiger partial charge on any atom is -0.491 e. The molecule has 0 fully saturated rings. The first-order chi connectivity index (χ1) is 10.0. The third kappa shape index (κ3) is 4.52. The fraction of sp³-hybridized carbons (Fsp3) is 0.214. The zero-order chi connectivity index (χ0) is 15.3. The molecule has 0 unspecified atom stereocenters. The van der Waals surface area contributed by atoms with E-state index >= 15 is 0 Å². The molecule has 0 saturated heterocycles. The van der Waals surface area contributed by atoms with Crippen LogP contribution in [-0.4, -0.2) is 25.8 Å². The molecule has 0 aliphatic rings. The smallest absolute Gasteiger partial charge is 0.181 e. The summed E-state index contributed by atoms with van der Waals surface area (Å²) < 4.78 is 30.5. The van der Waals surface area contributed by atoms with Gasteiger partial charge in [0.05, 0.1) is 16.8 Å².